The Morgan fingerprint density at radius 3 is 2.16 bits per heavy atom. The molecule has 19 heavy (non-hydrogen) atoms. The van der Waals surface area contributed by atoms with Gasteiger partial charge in [-0.3, -0.25) is 4.79 Å². The summed E-state index contributed by atoms with van der Waals surface area (Å²) in [5.74, 6) is 0.102. The normalized spacial score (nSPS) is 8.74. The highest BCUT2D eigenvalue weighted by molar-refractivity contribution is 5.85. The van der Waals surface area contributed by atoms with Crippen LogP contribution in [0.1, 0.15) is 25.7 Å². The number of amides is 1. The molecule has 0 radical (unpaired) electrons. The van der Waals surface area contributed by atoms with Crippen molar-refractivity contribution in [2.24, 2.45) is 16.6 Å². The van der Waals surface area contributed by atoms with E-state index in [1.807, 2.05) is 0 Å². The maximum atomic E-state index is 11.7. The van der Waals surface area contributed by atoms with E-state index >= 15 is 0 Å². The van der Waals surface area contributed by atoms with E-state index in [9.17, 15) is 4.79 Å². The number of azide groups is 1. The van der Waals surface area contributed by atoms with Crippen LogP contribution in [0.3, 0.4) is 0 Å². The highest BCUT2D eigenvalue weighted by Gasteiger charge is 2.10. The van der Waals surface area contributed by atoms with Gasteiger partial charge in [-0.15, -0.1) is 24.8 Å². The summed E-state index contributed by atoms with van der Waals surface area (Å²) in [4.78, 5) is 16.1. The summed E-state index contributed by atoms with van der Waals surface area (Å²) >= 11 is 0. The first kappa shape index (κ1) is 23.4. The second-order valence-corrected chi connectivity index (χ2v) is 3.72. The van der Waals surface area contributed by atoms with Gasteiger partial charge in [0.1, 0.15) is 0 Å². The molecule has 0 heterocycles. The fourth-order valence-corrected chi connectivity index (χ4v) is 1.51. The lowest BCUT2D eigenvalue weighted by Crippen LogP contribution is -2.38. The van der Waals surface area contributed by atoms with Gasteiger partial charge in [0.15, 0.2) is 0 Å². The van der Waals surface area contributed by atoms with Crippen LogP contribution in [-0.2, 0) is 4.79 Å². The lowest BCUT2D eigenvalue weighted by molar-refractivity contribution is -0.131. The van der Waals surface area contributed by atoms with Crippen molar-refractivity contribution in [1.29, 1.82) is 0 Å². The highest BCUT2D eigenvalue weighted by atomic mass is 35.5. The summed E-state index contributed by atoms with van der Waals surface area (Å²) < 4.78 is 0. The molecule has 4 N–H and O–H groups in total. The van der Waals surface area contributed by atoms with Gasteiger partial charge < -0.3 is 16.4 Å². The molecule has 0 saturated carbocycles. The standard InChI is InChI=1S/C10H22N6O.2ClH/c11-5-8-16(9-6-12)10(17)4-2-1-3-7-14-15-13;;/h1-9,11-12H2;2*1H. The summed E-state index contributed by atoms with van der Waals surface area (Å²) in [7, 11) is 0. The Bertz CT molecular complexity index is 254. The van der Waals surface area contributed by atoms with Crippen LogP contribution in [0, 0.1) is 0 Å². The van der Waals surface area contributed by atoms with E-state index in [0.29, 0.717) is 39.1 Å². The molecule has 0 atom stereocenters. The molecule has 0 unspecified atom stereocenters. The average Bonchev–Trinajstić information content (AvgIpc) is 2.33. The fraction of sp³-hybridized carbons (Fsp3) is 0.900. The monoisotopic (exact) mass is 314 g/mol. The molecule has 0 aromatic heterocycles. The van der Waals surface area contributed by atoms with E-state index in [1.165, 1.54) is 0 Å². The van der Waals surface area contributed by atoms with E-state index in [1.54, 1.807) is 4.90 Å². The van der Waals surface area contributed by atoms with Crippen LogP contribution >= 0.6 is 24.8 Å². The van der Waals surface area contributed by atoms with Crippen LogP contribution < -0.4 is 11.5 Å². The predicted octanol–water partition coefficient (Wildman–Crippen LogP) is 1.45. The Morgan fingerprint density at radius 1 is 1.11 bits per heavy atom. The van der Waals surface area contributed by atoms with Crippen LogP contribution in [0.5, 0.6) is 0 Å². The first-order valence-electron chi connectivity index (χ1n) is 5.95. The number of carbonyl (C=O) groups is 1. The third-order valence-corrected chi connectivity index (χ3v) is 2.36. The molecule has 1 amide bonds. The van der Waals surface area contributed by atoms with Crippen molar-refractivity contribution in [3.63, 3.8) is 0 Å². The maximum absolute atomic E-state index is 11.7. The van der Waals surface area contributed by atoms with Crippen molar-refractivity contribution in [2.75, 3.05) is 32.7 Å². The molecule has 0 bridgehead atoms. The van der Waals surface area contributed by atoms with Gasteiger partial charge in [-0.25, -0.2) is 0 Å². The maximum Gasteiger partial charge on any atom is 0.222 e. The zero-order valence-electron chi connectivity index (χ0n) is 11.0. The molecule has 0 aromatic carbocycles. The third kappa shape index (κ3) is 13.5. The van der Waals surface area contributed by atoms with Gasteiger partial charge in [-0.2, -0.15) is 0 Å². The molecule has 0 saturated heterocycles. The lowest BCUT2D eigenvalue weighted by Gasteiger charge is -2.21. The van der Waals surface area contributed by atoms with Crippen molar-refractivity contribution >= 4 is 30.7 Å². The minimum absolute atomic E-state index is 0. The van der Waals surface area contributed by atoms with E-state index < -0.39 is 0 Å². The number of nitrogens with two attached hydrogens (primary N) is 2. The van der Waals surface area contributed by atoms with E-state index in [2.05, 4.69) is 10.0 Å². The third-order valence-electron chi connectivity index (χ3n) is 2.36. The number of hydrogen-bond acceptors (Lipinski definition) is 4. The zero-order chi connectivity index (χ0) is 12.9. The van der Waals surface area contributed by atoms with Gasteiger partial charge in [0.25, 0.3) is 0 Å². The number of carbonyl (C=O) groups excluding carboxylic acids is 1. The summed E-state index contributed by atoms with van der Waals surface area (Å²) in [6, 6.07) is 0. The van der Waals surface area contributed by atoms with Crippen molar-refractivity contribution in [3.05, 3.63) is 10.4 Å². The number of unbranched alkanes of at least 4 members (excludes halogenated alkanes) is 2. The van der Waals surface area contributed by atoms with Gasteiger partial charge in [-0.1, -0.05) is 11.5 Å². The van der Waals surface area contributed by atoms with Crippen molar-refractivity contribution in [2.45, 2.75) is 25.7 Å². The quantitative estimate of drug-likeness (QED) is 0.274. The minimum Gasteiger partial charge on any atom is -0.340 e. The van der Waals surface area contributed by atoms with Crippen LogP contribution in [-0.4, -0.2) is 43.5 Å². The summed E-state index contributed by atoms with van der Waals surface area (Å²) in [5, 5.41) is 3.43. The molecular formula is C10H24Cl2N6O. The number of hydrogen-bond donors (Lipinski definition) is 2. The average molecular weight is 315 g/mol. The van der Waals surface area contributed by atoms with Gasteiger partial charge >= 0.3 is 0 Å². The summed E-state index contributed by atoms with van der Waals surface area (Å²) in [5.41, 5.74) is 18.9. The SMILES string of the molecule is Cl.Cl.[N-]=[N+]=NCCCCCC(=O)N(CCN)CCN. The van der Waals surface area contributed by atoms with Crippen LogP contribution in [0.2, 0.25) is 0 Å². The molecular weight excluding hydrogens is 291 g/mol. The first-order chi connectivity index (χ1) is 8.26. The lowest BCUT2D eigenvalue weighted by atomic mass is 10.2. The van der Waals surface area contributed by atoms with E-state index in [-0.39, 0.29) is 30.7 Å². The summed E-state index contributed by atoms with van der Waals surface area (Å²) in [6.07, 6.45) is 3.04. The minimum atomic E-state index is 0. The Kier molecular flexibility index (Phi) is 21.3. The molecule has 0 aliphatic heterocycles. The highest BCUT2D eigenvalue weighted by Crippen LogP contribution is 2.03. The second-order valence-electron chi connectivity index (χ2n) is 3.72. The van der Waals surface area contributed by atoms with Gasteiger partial charge in [0.05, 0.1) is 0 Å². The molecule has 0 spiro atoms. The van der Waals surface area contributed by atoms with Gasteiger partial charge in [0.2, 0.25) is 5.91 Å². The number of rotatable bonds is 10. The van der Waals surface area contributed by atoms with Crippen LogP contribution in [0.25, 0.3) is 10.4 Å². The Hall–Kier alpha value is -0.720. The van der Waals surface area contributed by atoms with Crippen molar-refractivity contribution in [1.82, 2.24) is 4.90 Å². The Balaban J connectivity index is -0.00000128. The molecule has 0 aromatic rings. The molecule has 0 fully saturated rings. The largest absolute Gasteiger partial charge is 0.340 e. The molecule has 0 aliphatic rings. The first-order valence-corrected chi connectivity index (χ1v) is 5.95. The van der Waals surface area contributed by atoms with E-state index in [4.69, 9.17) is 17.0 Å². The predicted molar refractivity (Wildman–Crippen MR) is 81.7 cm³/mol. The number of nitrogens with zero attached hydrogens (tertiary/aromatic N) is 4. The van der Waals surface area contributed by atoms with Crippen molar-refractivity contribution < 1.29 is 4.79 Å². The topological polar surface area (TPSA) is 121 Å². The van der Waals surface area contributed by atoms with Crippen LogP contribution in [0.4, 0.5) is 0 Å². The summed E-state index contributed by atoms with van der Waals surface area (Å²) in [6.45, 7) is 2.55. The molecule has 114 valence electrons. The van der Waals surface area contributed by atoms with Gasteiger partial charge in [-0.05, 0) is 18.4 Å². The van der Waals surface area contributed by atoms with E-state index in [0.717, 1.165) is 19.3 Å². The van der Waals surface area contributed by atoms with Crippen LogP contribution in [0.15, 0.2) is 5.11 Å². The smallest absolute Gasteiger partial charge is 0.222 e. The molecule has 9 heteroatoms. The zero-order valence-corrected chi connectivity index (χ0v) is 12.7. The second kappa shape index (κ2) is 17.3. The van der Waals surface area contributed by atoms with Crippen molar-refractivity contribution in [3.8, 4) is 0 Å². The Morgan fingerprint density at radius 2 is 1.68 bits per heavy atom. The fourth-order valence-electron chi connectivity index (χ4n) is 1.51. The molecule has 7 nitrogen and oxygen atoms in total. The van der Waals surface area contributed by atoms with Gasteiger partial charge in [0, 0.05) is 44.1 Å². The molecule has 0 rings (SSSR count). The molecule has 0 aliphatic carbocycles. The Labute approximate surface area is 126 Å². The number of halogens is 2.